The molecule has 0 saturated heterocycles. The van der Waals surface area contributed by atoms with Crippen LogP contribution < -0.4 is 11.1 Å². The summed E-state index contributed by atoms with van der Waals surface area (Å²) in [6.45, 7) is 1.09. The lowest BCUT2D eigenvalue weighted by Crippen LogP contribution is -2.26. The van der Waals surface area contributed by atoms with E-state index >= 15 is 0 Å². The summed E-state index contributed by atoms with van der Waals surface area (Å²) in [6.07, 6.45) is -0.0352. The number of nitrogens with two attached hydrogens (primary N) is 1. The number of hydrogen-bond acceptors (Lipinski definition) is 5. The van der Waals surface area contributed by atoms with Crippen molar-refractivity contribution >= 4 is 23.1 Å². The number of pyridine rings is 1. The van der Waals surface area contributed by atoms with Crippen molar-refractivity contribution < 1.29 is 9.47 Å². The van der Waals surface area contributed by atoms with Gasteiger partial charge in [0.15, 0.2) is 0 Å². The number of aromatic nitrogens is 1. The lowest BCUT2D eigenvalue weighted by Gasteiger charge is -2.15. The Bertz CT molecular complexity index is 316. The van der Waals surface area contributed by atoms with Crippen molar-refractivity contribution in [2.45, 2.75) is 6.10 Å². The monoisotopic (exact) mass is 245 g/mol. The number of rotatable bonds is 6. The molecule has 1 atom stereocenters. The van der Waals surface area contributed by atoms with Crippen LogP contribution in [0.2, 0.25) is 5.15 Å². The van der Waals surface area contributed by atoms with Gasteiger partial charge in [-0.25, -0.2) is 4.98 Å². The van der Waals surface area contributed by atoms with Gasteiger partial charge in [0.25, 0.3) is 0 Å². The third kappa shape index (κ3) is 4.22. The number of nitrogens with one attached hydrogen (secondary N) is 1. The average Bonchev–Trinajstić information content (AvgIpc) is 2.23. The van der Waals surface area contributed by atoms with Crippen LogP contribution in [0.15, 0.2) is 12.1 Å². The number of anilines is 2. The molecule has 1 aromatic heterocycles. The van der Waals surface area contributed by atoms with E-state index in [2.05, 4.69) is 10.3 Å². The summed E-state index contributed by atoms with van der Waals surface area (Å²) in [4.78, 5) is 4.08. The van der Waals surface area contributed by atoms with E-state index in [1.807, 2.05) is 0 Å². The fraction of sp³-hybridized carbons (Fsp3) is 0.500. The molecule has 0 radical (unpaired) electrons. The standard InChI is InChI=1S/C10H16ClN3O2/c1-15-6-8(16-2)5-13-10-4-7(12)3-9(11)14-10/h3-4,8H,5-6H2,1-2H3,(H3,12,13,14). The molecule has 0 spiro atoms. The zero-order valence-electron chi connectivity index (χ0n) is 9.37. The first-order valence-corrected chi connectivity index (χ1v) is 5.22. The predicted octanol–water partition coefficient (Wildman–Crippen LogP) is 1.39. The SMILES string of the molecule is COCC(CNc1cc(N)cc(Cl)n1)OC. The summed E-state index contributed by atoms with van der Waals surface area (Å²) in [5.41, 5.74) is 6.21. The molecule has 0 saturated carbocycles. The van der Waals surface area contributed by atoms with Crippen molar-refractivity contribution in [3.63, 3.8) is 0 Å². The first-order chi connectivity index (χ1) is 7.65. The van der Waals surface area contributed by atoms with Crippen molar-refractivity contribution in [2.24, 2.45) is 0 Å². The van der Waals surface area contributed by atoms with E-state index in [0.29, 0.717) is 29.8 Å². The molecule has 3 N–H and O–H groups in total. The largest absolute Gasteiger partial charge is 0.399 e. The highest BCUT2D eigenvalue weighted by Gasteiger charge is 2.07. The second-order valence-electron chi connectivity index (χ2n) is 3.30. The number of nitrogen functional groups attached to an aromatic ring is 1. The van der Waals surface area contributed by atoms with Crippen molar-refractivity contribution in [1.29, 1.82) is 0 Å². The van der Waals surface area contributed by atoms with Gasteiger partial charge in [0.1, 0.15) is 11.0 Å². The van der Waals surface area contributed by atoms with Crippen molar-refractivity contribution in [3.05, 3.63) is 17.3 Å². The summed E-state index contributed by atoms with van der Waals surface area (Å²) >= 11 is 5.77. The van der Waals surface area contributed by atoms with Gasteiger partial charge >= 0.3 is 0 Å². The highest BCUT2D eigenvalue weighted by atomic mass is 35.5. The summed E-state index contributed by atoms with van der Waals surface area (Å²) in [5, 5.41) is 3.45. The van der Waals surface area contributed by atoms with Gasteiger partial charge in [-0.15, -0.1) is 0 Å². The maximum atomic E-state index is 5.77. The van der Waals surface area contributed by atoms with E-state index in [1.54, 1.807) is 26.4 Å². The lowest BCUT2D eigenvalue weighted by molar-refractivity contribution is 0.0365. The van der Waals surface area contributed by atoms with Crippen LogP contribution in [0.1, 0.15) is 0 Å². The summed E-state index contributed by atoms with van der Waals surface area (Å²) in [6, 6.07) is 3.31. The molecule has 5 nitrogen and oxygen atoms in total. The second kappa shape index (κ2) is 6.52. The molecule has 0 aliphatic heterocycles. The lowest BCUT2D eigenvalue weighted by atomic mass is 10.3. The highest BCUT2D eigenvalue weighted by molar-refractivity contribution is 6.29. The fourth-order valence-electron chi connectivity index (χ4n) is 1.22. The topological polar surface area (TPSA) is 69.4 Å². The molecule has 1 rings (SSSR count). The first kappa shape index (κ1) is 13.0. The van der Waals surface area contributed by atoms with Crippen LogP contribution in [-0.2, 0) is 9.47 Å². The average molecular weight is 246 g/mol. The van der Waals surface area contributed by atoms with Gasteiger partial charge in [-0.1, -0.05) is 11.6 Å². The van der Waals surface area contributed by atoms with Crippen LogP contribution in [0.4, 0.5) is 11.5 Å². The van der Waals surface area contributed by atoms with Crippen LogP contribution in [-0.4, -0.2) is 38.5 Å². The number of halogens is 1. The Kier molecular flexibility index (Phi) is 5.31. The Hall–Kier alpha value is -1.04. The number of nitrogens with zero attached hydrogens (tertiary/aromatic N) is 1. The van der Waals surface area contributed by atoms with Crippen LogP contribution in [0.5, 0.6) is 0 Å². The van der Waals surface area contributed by atoms with E-state index in [1.165, 1.54) is 0 Å². The predicted molar refractivity (Wildman–Crippen MR) is 64.8 cm³/mol. The van der Waals surface area contributed by atoms with Crippen molar-refractivity contribution in [1.82, 2.24) is 4.98 Å². The molecular formula is C10H16ClN3O2. The van der Waals surface area contributed by atoms with Gasteiger partial charge in [-0.3, -0.25) is 0 Å². The fourth-order valence-corrected chi connectivity index (χ4v) is 1.44. The quantitative estimate of drug-likeness (QED) is 0.742. The molecular weight excluding hydrogens is 230 g/mol. The minimum absolute atomic E-state index is 0.0352. The highest BCUT2D eigenvalue weighted by Crippen LogP contribution is 2.15. The number of ether oxygens (including phenoxy) is 2. The van der Waals surface area contributed by atoms with Gasteiger partial charge < -0.3 is 20.5 Å². The van der Waals surface area contributed by atoms with Gasteiger partial charge in [0.2, 0.25) is 0 Å². The van der Waals surface area contributed by atoms with Gasteiger partial charge in [-0.2, -0.15) is 0 Å². The Morgan fingerprint density at radius 3 is 2.81 bits per heavy atom. The molecule has 0 bridgehead atoms. The molecule has 0 aliphatic rings. The van der Waals surface area contributed by atoms with E-state index in [9.17, 15) is 0 Å². The molecule has 6 heteroatoms. The number of hydrogen-bond donors (Lipinski definition) is 2. The van der Waals surface area contributed by atoms with E-state index in [0.717, 1.165) is 0 Å². The Morgan fingerprint density at radius 2 is 2.25 bits per heavy atom. The normalized spacial score (nSPS) is 12.4. The maximum absolute atomic E-state index is 5.77. The minimum Gasteiger partial charge on any atom is -0.399 e. The smallest absolute Gasteiger partial charge is 0.133 e. The third-order valence-electron chi connectivity index (χ3n) is 2.01. The number of methoxy groups -OCH3 is 2. The van der Waals surface area contributed by atoms with Crippen molar-refractivity contribution in [2.75, 3.05) is 38.4 Å². The van der Waals surface area contributed by atoms with E-state index < -0.39 is 0 Å². The molecule has 0 fully saturated rings. The first-order valence-electron chi connectivity index (χ1n) is 4.84. The molecule has 1 unspecified atom stereocenters. The molecule has 0 aliphatic carbocycles. The molecule has 0 aromatic carbocycles. The Balaban J connectivity index is 2.52. The van der Waals surface area contributed by atoms with Crippen molar-refractivity contribution in [3.8, 4) is 0 Å². The van der Waals surface area contributed by atoms with Crippen LogP contribution >= 0.6 is 11.6 Å². The van der Waals surface area contributed by atoms with Crippen LogP contribution in [0, 0.1) is 0 Å². The zero-order chi connectivity index (χ0) is 12.0. The van der Waals surface area contributed by atoms with E-state index in [4.69, 9.17) is 26.8 Å². The molecule has 16 heavy (non-hydrogen) atoms. The molecule has 1 aromatic rings. The Morgan fingerprint density at radius 1 is 1.50 bits per heavy atom. The summed E-state index contributed by atoms with van der Waals surface area (Å²) in [5.74, 6) is 0.628. The zero-order valence-corrected chi connectivity index (χ0v) is 10.1. The van der Waals surface area contributed by atoms with Gasteiger partial charge in [0.05, 0.1) is 12.7 Å². The summed E-state index contributed by atoms with van der Waals surface area (Å²) < 4.78 is 10.2. The van der Waals surface area contributed by atoms with Gasteiger partial charge in [-0.05, 0) is 6.07 Å². The molecule has 90 valence electrons. The maximum Gasteiger partial charge on any atom is 0.133 e. The van der Waals surface area contributed by atoms with Crippen LogP contribution in [0.3, 0.4) is 0 Å². The summed E-state index contributed by atoms with van der Waals surface area (Å²) in [7, 11) is 3.26. The molecule has 0 amide bonds. The van der Waals surface area contributed by atoms with Crippen LogP contribution in [0.25, 0.3) is 0 Å². The van der Waals surface area contributed by atoms with Gasteiger partial charge in [0, 0.05) is 32.5 Å². The third-order valence-corrected chi connectivity index (χ3v) is 2.21. The second-order valence-corrected chi connectivity index (χ2v) is 3.69. The molecule has 1 heterocycles. The Labute approximate surface area is 99.9 Å². The van der Waals surface area contributed by atoms with E-state index in [-0.39, 0.29) is 6.10 Å². The minimum atomic E-state index is -0.0352.